The number of para-hydroxylation sites is 2. The van der Waals surface area contributed by atoms with Crippen LogP contribution in [0.15, 0.2) is 42.5 Å². The molecule has 0 atom stereocenters. The van der Waals surface area contributed by atoms with E-state index in [1.54, 1.807) is 7.11 Å². The second-order valence-corrected chi connectivity index (χ2v) is 4.52. The fourth-order valence-electron chi connectivity index (χ4n) is 2.09. The minimum absolute atomic E-state index is 0.437. The van der Waals surface area contributed by atoms with Gasteiger partial charge in [-0.05, 0) is 36.8 Å². The summed E-state index contributed by atoms with van der Waals surface area (Å²) < 4.78 is 16.6. The third kappa shape index (κ3) is 3.89. The number of hydrogen-bond acceptors (Lipinski definition) is 4. The molecule has 0 amide bonds. The average molecular weight is 287 g/mol. The van der Waals surface area contributed by atoms with Gasteiger partial charge in [-0.1, -0.05) is 18.2 Å². The zero-order chi connectivity index (χ0) is 15.1. The lowest BCUT2D eigenvalue weighted by Crippen LogP contribution is -2.03. The van der Waals surface area contributed by atoms with Gasteiger partial charge in [0.25, 0.3) is 0 Å². The Morgan fingerprint density at radius 3 is 2.29 bits per heavy atom. The first kappa shape index (κ1) is 15.2. The van der Waals surface area contributed by atoms with E-state index in [1.807, 2.05) is 49.4 Å². The van der Waals surface area contributed by atoms with Gasteiger partial charge in [0.15, 0.2) is 11.5 Å². The quantitative estimate of drug-likeness (QED) is 0.850. The first-order valence-corrected chi connectivity index (χ1v) is 6.99. The van der Waals surface area contributed by atoms with Gasteiger partial charge in [-0.25, -0.2) is 0 Å². The van der Waals surface area contributed by atoms with Crippen molar-refractivity contribution in [1.29, 1.82) is 0 Å². The summed E-state index contributed by atoms with van der Waals surface area (Å²) in [4.78, 5) is 0. The Bertz CT molecular complexity index is 584. The Hall–Kier alpha value is -2.20. The zero-order valence-electron chi connectivity index (χ0n) is 12.5. The summed E-state index contributed by atoms with van der Waals surface area (Å²) in [5.74, 6) is 2.30. The molecule has 0 radical (unpaired) electrons. The highest BCUT2D eigenvalue weighted by molar-refractivity contribution is 5.40. The van der Waals surface area contributed by atoms with Crippen molar-refractivity contribution in [2.24, 2.45) is 5.73 Å². The fraction of sp³-hybridized carbons (Fsp3) is 0.294. The van der Waals surface area contributed by atoms with E-state index in [0.717, 1.165) is 28.4 Å². The summed E-state index contributed by atoms with van der Waals surface area (Å²) in [6.45, 7) is 3.46. The SMILES string of the molecule is CCOc1ccccc1OCc1ccc(OC)c(CN)c1. The highest BCUT2D eigenvalue weighted by atomic mass is 16.5. The van der Waals surface area contributed by atoms with Crippen molar-refractivity contribution >= 4 is 0 Å². The standard InChI is InChI=1S/C17H21NO3/c1-3-20-16-6-4-5-7-17(16)21-12-13-8-9-15(19-2)14(10-13)11-18/h4-10H,3,11-12,18H2,1-2H3. The first-order chi connectivity index (χ1) is 10.3. The maximum absolute atomic E-state index is 5.84. The molecular formula is C17H21NO3. The molecule has 0 aliphatic carbocycles. The van der Waals surface area contributed by atoms with E-state index in [-0.39, 0.29) is 0 Å². The van der Waals surface area contributed by atoms with Crippen LogP contribution in [0.3, 0.4) is 0 Å². The first-order valence-electron chi connectivity index (χ1n) is 6.99. The summed E-state index contributed by atoms with van der Waals surface area (Å²) in [5, 5.41) is 0. The lowest BCUT2D eigenvalue weighted by atomic mass is 10.1. The Morgan fingerprint density at radius 2 is 1.67 bits per heavy atom. The number of hydrogen-bond donors (Lipinski definition) is 1. The second-order valence-electron chi connectivity index (χ2n) is 4.52. The smallest absolute Gasteiger partial charge is 0.161 e. The van der Waals surface area contributed by atoms with E-state index in [9.17, 15) is 0 Å². The van der Waals surface area contributed by atoms with Gasteiger partial charge in [0.05, 0.1) is 13.7 Å². The van der Waals surface area contributed by atoms with Gasteiger partial charge in [-0.3, -0.25) is 0 Å². The third-order valence-corrected chi connectivity index (χ3v) is 3.11. The molecule has 0 heterocycles. The topological polar surface area (TPSA) is 53.7 Å². The molecule has 2 N–H and O–H groups in total. The molecule has 2 aromatic rings. The molecule has 0 unspecified atom stereocenters. The van der Waals surface area contributed by atoms with Crippen molar-refractivity contribution in [2.45, 2.75) is 20.1 Å². The molecule has 0 aliphatic heterocycles. The average Bonchev–Trinajstić information content (AvgIpc) is 2.54. The van der Waals surface area contributed by atoms with Crippen molar-refractivity contribution in [3.63, 3.8) is 0 Å². The normalized spacial score (nSPS) is 10.2. The van der Waals surface area contributed by atoms with Crippen LogP contribution in [0.25, 0.3) is 0 Å². The van der Waals surface area contributed by atoms with Gasteiger partial charge in [0, 0.05) is 12.1 Å². The van der Waals surface area contributed by atoms with Crippen molar-refractivity contribution in [3.05, 3.63) is 53.6 Å². The Balaban J connectivity index is 2.09. The highest BCUT2D eigenvalue weighted by Gasteiger charge is 2.06. The van der Waals surface area contributed by atoms with Gasteiger partial charge >= 0.3 is 0 Å². The summed E-state index contributed by atoms with van der Waals surface area (Å²) in [6, 6.07) is 13.5. The van der Waals surface area contributed by atoms with Gasteiger partial charge in [0.2, 0.25) is 0 Å². The lowest BCUT2D eigenvalue weighted by Gasteiger charge is -2.13. The van der Waals surface area contributed by atoms with E-state index in [1.165, 1.54) is 0 Å². The van der Waals surface area contributed by atoms with Crippen LogP contribution in [-0.2, 0) is 13.2 Å². The molecule has 2 aromatic carbocycles. The van der Waals surface area contributed by atoms with Crippen molar-refractivity contribution in [2.75, 3.05) is 13.7 Å². The van der Waals surface area contributed by atoms with Gasteiger partial charge in [-0.15, -0.1) is 0 Å². The van der Waals surface area contributed by atoms with E-state index in [0.29, 0.717) is 19.8 Å². The molecule has 0 fully saturated rings. The number of benzene rings is 2. The maximum Gasteiger partial charge on any atom is 0.161 e. The van der Waals surface area contributed by atoms with Crippen molar-refractivity contribution in [1.82, 2.24) is 0 Å². The molecule has 4 heteroatoms. The summed E-state index contributed by atoms with van der Waals surface area (Å²) in [5.41, 5.74) is 7.74. The summed E-state index contributed by atoms with van der Waals surface area (Å²) >= 11 is 0. The van der Waals surface area contributed by atoms with Crippen LogP contribution in [0.4, 0.5) is 0 Å². The van der Waals surface area contributed by atoms with Crippen molar-refractivity contribution < 1.29 is 14.2 Å². The van der Waals surface area contributed by atoms with E-state index in [4.69, 9.17) is 19.9 Å². The number of methoxy groups -OCH3 is 1. The number of nitrogens with two attached hydrogens (primary N) is 1. The Morgan fingerprint density at radius 1 is 0.952 bits per heavy atom. The van der Waals surface area contributed by atoms with Crippen LogP contribution in [0.2, 0.25) is 0 Å². The van der Waals surface area contributed by atoms with Crippen LogP contribution in [0.5, 0.6) is 17.2 Å². The van der Waals surface area contributed by atoms with Crippen LogP contribution >= 0.6 is 0 Å². The largest absolute Gasteiger partial charge is 0.496 e. The molecule has 112 valence electrons. The van der Waals surface area contributed by atoms with Crippen LogP contribution < -0.4 is 19.9 Å². The third-order valence-electron chi connectivity index (χ3n) is 3.11. The minimum atomic E-state index is 0.437. The molecule has 0 aromatic heterocycles. The van der Waals surface area contributed by atoms with E-state index >= 15 is 0 Å². The van der Waals surface area contributed by atoms with Crippen LogP contribution in [0.1, 0.15) is 18.1 Å². The molecule has 0 aliphatic rings. The molecule has 0 bridgehead atoms. The molecule has 2 rings (SSSR count). The number of ether oxygens (including phenoxy) is 3. The predicted octanol–water partition coefficient (Wildman–Crippen LogP) is 3.13. The molecule has 21 heavy (non-hydrogen) atoms. The van der Waals surface area contributed by atoms with Gasteiger partial charge in [-0.2, -0.15) is 0 Å². The second kappa shape index (κ2) is 7.55. The molecule has 0 spiro atoms. The molecule has 0 saturated heterocycles. The predicted molar refractivity (Wildman–Crippen MR) is 82.8 cm³/mol. The van der Waals surface area contributed by atoms with Crippen molar-refractivity contribution in [3.8, 4) is 17.2 Å². The van der Waals surface area contributed by atoms with Crippen LogP contribution in [0, 0.1) is 0 Å². The number of rotatable bonds is 7. The van der Waals surface area contributed by atoms with Gasteiger partial charge in [0.1, 0.15) is 12.4 Å². The highest BCUT2D eigenvalue weighted by Crippen LogP contribution is 2.27. The maximum atomic E-state index is 5.84. The molecule has 4 nitrogen and oxygen atoms in total. The summed E-state index contributed by atoms with van der Waals surface area (Å²) in [7, 11) is 1.64. The summed E-state index contributed by atoms with van der Waals surface area (Å²) in [6.07, 6.45) is 0. The minimum Gasteiger partial charge on any atom is -0.496 e. The molecule has 0 saturated carbocycles. The van der Waals surface area contributed by atoms with E-state index < -0.39 is 0 Å². The van der Waals surface area contributed by atoms with Gasteiger partial charge < -0.3 is 19.9 Å². The monoisotopic (exact) mass is 287 g/mol. The Labute approximate surface area is 125 Å². The Kier molecular flexibility index (Phi) is 5.46. The fourth-order valence-corrected chi connectivity index (χ4v) is 2.09. The van der Waals surface area contributed by atoms with Crippen LogP contribution in [-0.4, -0.2) is 13.7 Å². The lowest BCUT2D eigenvalue weighted by molar-refractivity contribution is 0.269. The zero-order valence-corrected chi connectivity index (χ0v) is 12.5. The molecular weight excluding hydrogens is 266 g/mol. The van der Waals surface area contributed by atoms with E-state index in [2.05, 4.69) is 0 Å².